The lowest BCUT2D eigenvalue weighted by atomic mass is 9.78. The molecule has 0 radical (unpaired) electrons. The van der Waals surface area contributed by atoms with E-state index in [2.05, 4.69) is 118 Å². The molecule has 77 heavy (non-hydrogen) atoms. The Labute approximate surface area is 491 Å². The minimum atomic E-state index is 0.624. The molecular formula is C77H154. The van der Waals surface area contributed by atoms with Gasteiger partial charge in [0, 0.05) is 0 Å². The second-order valence-corrected chi connectivity index (χ2v) is 34.0. The first-order valence-corrected chi connectivity index (χ1v) is 36.2. The third-order valence-corrected chi connectivity index (χ3v) is 22.0. The Morgan fingerprint density at radius 1 is 0.195 bits per heavy atom. The summed E-state index contributed by atoms with van der Waals surface area (Å²) in [7, 11) is 0. The van der Waals surface area contributed by atoms with E-state index in [-0.39, 0.29) is 0 Å². The standard InChI is InChI=1S/C14H28.C12H24.C10H20.2C9H18.2C8H16.C7H14/c1-14(2)12-10-8-6-4-3-5-7-9-11-13-14;1-12(2)10-8-6-4-3-5-7-9-11-12;1-10(2)8-6-4-3-5-7-9-10;1-8(2)9(3)6-4-5-7-9;1-9(2)7-5-3-4-6-8-9;1-8(2)6-4-3-5-7-8;1-3-8(2)6-4-5-7-8;1-7(2)5-3-4-6-7/h3-13H2,1-2H3;3-11H2,1-2H3;3-9H2,1-2H3;8H,4-7H2,1-3H3;3-8H2,1-2H3;2*3-7H2,1-2H3;3-6H2,1-2H3. The van der Waals surface area contributed by atoms with Gasteiger partial charge in [0.2, 0.25) is 0 Å². The van der Waals surface area contributed by atoms with Crippen molar-refractivity contribution in [3.63, 3.8) is 0 Å². The zero-order valence-corrected chi connectivity index (χ0v) is 57.6. The van der Waals surface area contributed by atoms with Gasteiger partial charge in [-0.25, -0.2) is 0 Å². The van der Waals surface area contributed by atoms with Crippen LogP contribution in [0.2, 0.25) is 0 Å². The molecule has 0 saturated heterocycles. The lowest BCUT2D eigenvalue weighted by molar-refractivity contribution is 0.228. The molecule has 0 heterocycles. The van der Waals surface area contributed by atoms with E-state index in [0.29, 0.717) is 37.9 Å². The minimum absolute atomic E-state index is 0.624. The normalized spacial score (nSPS) is 26.7. The average molecular weight is 1080 g/mol. The molecule has 0 nitrogen and oxygen atoms in total. The highest BCUT2D eigenvalue weighted by Crippen LogP contribution is 2.44. The van der Waals surface area contributed by atoms with E-state index in [0.717, 1.165) is 11.3 Å². The Balaban J connectivity index is 0.000000444. The molecule has 462 valence electrons. The van der Waals surface area contributed by atoms with Gasteiger partial charge in [0.25, 0.3) is 0 Å². The summed E-state index contributed by atoms with van der Waals surface area (Å²) in [6.07, 6.45) is 74.8. The van der Waals surface area contributed by atoms with Crippen LogP contribution in [0.4, 0.5) is 0 Å². The van der Waals surface area contributed by atoms with Crippen LogP contribution in [0.25, 0.3) is 0 Å². The van der Waals surface area contributed by atoms with Crippen molar-refractivity contribution in [1.82, 2.24) is 0 Å². The van der Waals surface area contributed by atoms with Crippen molar-refractivity contribution in [1.29, 1.82) is 0 Å². The monoisotopic (exact) mass is 1080 g/mol. The maximum Gasteiger partial charge on any atom is -0.0303 e. The van der Waals surface area contributed by atoms with Gasteiger partial charge in [-0.3, -0.25) is 0 Å². The number of rotatable bonds is 2. The molecule has 8 aliphatic rings. The first-order valence-electron chi connectivity index (χ1n) is 36.2. The molecule has 8 rings (SSSR count). The summed E-state index contributed by atoms with van der Waals surface area (Å²) in [5.74, 6) is 0.889. The molecule has 8 saturated carbocycles. The quantitative estimate of drug-likeness (QED) is 0.242. The third-order valence-electron chi connectivity index (χ3n) is 22.0. The predicted molar refractivity (Wildman–Crippen MR) is 355 cm³/mol. The largest absolute Gasteiger partial charge is 0.0649 e. The molecule has 0 aromatic carbocycles. The summed E-state index contributed by atoms with van der Waals surface area (Å²) in [5, 5.41) is 0. The molecule has 0 unspecified atom stereocenters. The lowest BCUT2D eigenvalue weighted by Gasteiger charge is -2.28. The molecule has 8 fully saturated rings. The molecule has 0 atom stereocenters. The van der Waals surface area contributed by atoms with E-state index < -0.39 is 0 Å². The van der Waals surface area contributed by atoms with Crippen molar-refractivity contribution in [2.45, 2.75) is 445 Å². The van der Waals surface area contributed by atoms with Gasteiger partial charge < -0.3 is 0 Å². The summed E-state index contributed by atoms with van der Waals surface area (Å²) < 4.78 is 0. The van der Waals surface area contributed by atoms with Crippen LogP contribution in [0.1, 0.15) is 445 Å². The summed E-state index contributed by atoms with van der Waals surface area (Å²) >= 11 is 0. The first-order chi connectivity index (χ1) is 36.2. The fourth-order valence-corrected chi connectivity index (χ4v) is 14.5. The lowest BCUT2D eigenvalue weighted by Crippen LogP contribution is -2.18. The van der Waals surface area contributed by atoms with Gasteiger partial charge >= 0.3 is 0 Å². The highest BCUT2D eigenvalue weighted by Gasteiger charge is 2.31. The van der Waals surface area contributed by atoms with E-state index in [1.54, 1.807) is 0 Å². The topological polar surface area (TPSA) is 0 Å². The van der Waals surface area contributed by atoms with Crippen LogP contribution in [0.3, 0.4) is 0 Å². The predicted octanol–water partition coefficient (Wildman–Crippen LogP) is 28.7. The van der Waals surface area contributed by atoms with Gasteiger partial charge in [-0.15, -0.1) is 0 Å². The molecule has 0 N–H and O–H groups in total. The fourth-order valence-electron chi connectivity index (χ4n) is 14.5. The van der Waals surface area contributed by atoms with Gasteiger partial charge in [-0.05, 0) is 152 Å². The van der Waals surface area contributed by atoms with Crippen molar-refractivity contribution < 1.29 is 0 Å². The average Bonchev–Trinajstić information content (AvgIpc) is 4.09. The molecular weight excluding hydrogens is 925 g/mol. The van der Waals surface area contributed by atoms with Crippen molar-refractivity contribution >= 4 is 0 Å². The van der Waals surface area contributed by atoms with Crippen molar-refractivity contribution in [3.05, 3.63) is 0 Å². The zero-order valence-electron chi connectivity index (χ0n) is 57.6. The van der Waals surface area contributed by atoms with Gasteiger partial charge in [-0.1, -0.05) is 342 Å². The Bertz CT molecular complexity index is 1260. The Morgan fingerprint density at radius 2 is 0.325 bits per heavy atom. The Kier molecular flexibility index (Phi) is 40.0. The maximum absolute atomic E-state index is 2.46. The fraction of sp³-hybridized carbons (Fsp3) is 1.00. The van der Waals surface area contributed by atoms with Gasteiger partial charge in [0.1, 0.15) is 0 Å². The van der Waals surface area contributed by atoms with E-state index in [4.69, 9.17) is 0 Å². The van der Waals surface area contributed by atoms with Crippen LogP contribution in [0.15, 0.2) is 0 Å². The molecule has 0 bridgehead atoms. The van der Waals surface area contributed by atoms with Crippen LogP contribution in [0.5, 0.6) is 0 Å². The van der Waals surface area contributed by atoms with Crippen molar-refractivity contribution in [2.24, 2.45) is 49.2 Å². The summed E-state index contributed by atoms with van der Waals surface area (Å²) in [4.78, 5) is 0. The van der Waals surface area contributed by atoms with E-state index in [9.17, 15) is 0 Å². The third kappa shape index (κ3) is 42.5. The SMILES string of the molecule is CC(C)C1(C)CCCC1.CC1(C)CCCC1.CC1(C)CCCCC1.CC1(C)CCCCCC1.CC1(C)CCCCCCC1.CC1(C)CCCCCCCCC1.CC1(C)CCCCCCCCCCC1.CCC1(C)CCCC1. The van der Waals surface area contributed by atoms with Crippen LogP contribution in [0, 0.1) is 49.2 Å². The zero-order chi connectivity index (χ0) is 57.6. The highest BCUT2D eigenvalue weighted by molar-refractivity contribution is 4.83. The summed E-state index contributed by atoms with van der Waals surface area (Å²) in [5.41, 5.74) is 5.38. The first kappa shape index (κ1) is 75.0. The number of hydrogen-bond donors (Lipinski definition) is 0. The molecule has 0 heteroatoms. The highest BCUT2D eigenvalue weighted by atomic mass is 14.4. The molecule has 0 aromatic heterocycles. The molecule has 0 aromatic rings. The molecule has 0 spiro atoms. The van der Waals surface area contributed by atoms with Gasteiger partial charge in [0.05, 0.1) is 0 Å². The van der Waals surface area contributed by atoms with Crippen LogP contribution < -0.4 is 0 Å². The second-order valence-electron chi connectivity index (χ2n) is 34.0. The van der Waals surface area contributed by atoms with Gasteiger partial charge in [-0.2, -0.15) is 0 Å². The maximum atomic E-state index is 2.46. The molecule has 8 aliphatic carbocycles. The Morgan fingerprint density at radius 3 is 0.455 bits per heavy atom. The second kappa shape index (κ2) is 41.1. The summed E-state index contributed by atoms with van der Waals surface area (Å²) in [6.45, 7) is 40.8. The van der Waals surface area contributed by atoms with E-state index in [1.165, 1.54) is 327 Å². The van der Waals surface area contributed by atoms with E-state index >= 15 is 0 Å². The van der Waals surface area contributed by atoms with E-state index in [1.807, 2.05) is 0 Å². The van der Waals surface area contributed by atoms with Crippen LogP contribution in [-0.2, 0) is 0 Å². The van der Waals surface area contributed by atoms with Crippen LogP contribution in [-0.4, -0.2) is 0 Å². The van der Waals surface area contributed by atoms with Crippen molar-refractivity contribution in [3.8, 4) is 0 Å². The Hall–Kier alpha value is 0. The van der Waals surface area contributed by atoms with Crippen molar-refractivity contribution in [2.75, 3.05) is 0 Å². The molecule has 0 aliphatic heterocycles. The minimum Gasteiger partial charge on any atom is -0.0649 e. The molecule has 0 amide bonds. The summed E-state index contributed by atoms with van der Waals surface area (Å²) in [6, 6.07) is 0. The van der Waals surface area contributed by atoms with Gasteiger partial charge in [0.15, 0.2) is 0 Å². The number of hydrogen-bond acceptors (Lipinski definition) is 0. The smallest absolute Gasteiger partial charge is 0.0303 e. The van der Waals surface area contributed by atoms with Crippen LogP contribution >= 0.6 is 0 Å².